The number of rotatable bonds is 4. The molecule has 1 aliphatic rings. The smallest absolute Gasteiger partial charge is 0.249 e. The molecule has 1 aromatic heterocycles. The van der Waals surface area contributed by atoms with Gasteiger partial charge >= 0.3 is 0 Å². The Morgan fingerprint density at radius 2 is 2.17 bits per heavy atom. The van der Waals surface area contributed by atoms with E-state index < -0.39 is 6.04 Å². The maximum Gasteiger partial charge on any atom is 0.249 e. The highest BCUT2D eigenvalue weighted by Crippen LogP contribution is 2.20. The van der Waals surface area contributed by atoms with E-state index in [1.165, 1.54) is 4.80 Å². The summed E-state index contributed by atoms with van der Waals surface area (Å²) in [5, 5.41) is 13.1. The first-order chi connectivity index (χ1) is 11.1. The third kappa shape index (κ3) is 3.35. The predicted octanol–water partition coefficient (Wildman–Crippen LogP) is 1.50. The lowest BCUT2D eigenvalue weighted by Gasteiger charge is -2.21. The van der Waals surface area contributed by atoms with Gasteiger partial charge in [-0.3, -0.25) is 4.79 Å². The van der Waals surface area contributed by atoms with Gasteiger partial charge in [0.05, 0.1) is 0 Å². The Kier molecular flexibility index (Phi) is 4.58. The molecular formula is C15H19ClN6O. The molecule has 3 rings (SSSR count). The second-order valence-corrected chi connectivity index (χ2v) is 6.13. The molecule has 7 nitrogen and oxygen atoms in total. The number of likely N-dealkylation sites (tertiary alicyclic amines) is 1. The highest BCUT2D eigenvalue weighted by molar-refractivity contribution is 6.30. The van der Waals surface area contributed by atoms with Crippen LogP contribution in [-0.2, 0) is 4.79 Å². The topological polar surface area (TPSA) is 89.9 Å². The molecule has 0 radical (unpaired) electrons. The average molecular weight is 335 g/mol. The van der Waals surface area contributed by atoms with Gasteiger partial charge in [-0.2, -0.15) is 4.80 Å². The summed E-state index contributed by atoms with van der Waals surface area (Å²) in [6.07, 6.45) is 1.43. The first-order valence-electron chi connectivity index (χ1n) is 7.68. The first-order valence-corrected chi connectivity index (χ1v) is 8.06. The monoisotopic (exact) mass is 334 g/mol. The number of carbonyl (C=O) groups is 1. The Hall–Kier alpha value is -1.99. The number of nitrogens with zero attached hydrogens (tertiary/aromatic N) is 5. The molecule has 1 aromatic carbocycles. The third-order valence-electron chi connectivity index (χ3n) is 4.02. The Morgan fingerprint density at radius 1 is 1.43 bits per heavy atom. The molecule has 122 valence electrons. The van der Waals surface area contributed by atoms with Crippen LogP contribution >= 0.6 is 11.6 Å². The van der Waals surface area contributed by atoms with Crippen LogP contribution in [0.2, 0.25) is 5.02 Å². The molecule has 0 bridgehead atoms. The van der Waals surface area contributed by atoms with Crippen LogP contribution in [0.15, 0.2) is 24.3 Å². The second kappa shape index (κ2) is 6.64. The van der Waals surface area contributed by atoms with E-state index in [-0.39, 0.29) is 11.9 Å². The molecule has 0 spiro atoms. The van der Waals surface area contributed by atoms with Gasteiger partial charge in [0.15, 0.2) is 6.04 Å². The Bertz CT molecular complexity index is 686. The summed E-state index contributed by atoms with van der Waals surface area (Å²) < 4.78 is 0. The SMILES string of the molecule is CCC(C(=O)N1CC[C@@H](N)C1)n1nnc(-c2ccc(Cl)cc2)n1. The number of benzene rings is 1. The molecule has 1 saturated heterocycles. The molecule has 1 unspecified atom stereocenters. The van der Waals surface area contributed by atoms with Crippen LogP contribution in [0, 0.1) is 0 Å². The van der Waals surface area contributed by atoms with Gasteiger partial charge in [0.1, 0.15) is 0 Å². The summed E-state index contributed by atoms with van der Waals surface area (Å²) in [5.41, 5.74) is 6.69. The number of tetrazole rings is 1. The number of aromatic nitrogens is 4. The van der Waals surface area contributed by atoms with Gasteiger partial charge < -0.3 is 10.6 Å². The summed E-state index contributed by atoms with van der Waals surface area (Å²) in [5.74, 6) is 0.478. The minimum atomic E-state index is -0.450. The van der Waals surface area contributed by atoms with E-state index in [9.17, 15) is 4.79 Å². The maximum absolute atomic E-state index is 12.6. The van der Waals surface area contributed by atoms with E-state index in [1.807, 2.05) is 19.1 Å². The minimum Gasteiger partial charge on any atom is -0.339 e. The van der Waals surface area contributed by atoms with E-state index in [4.69, 9.17) is 17.3 Å². The summed E-state index contributed by atoms with van der Waals surface area (Å²) in [6, 6.07) is 6.80. The lowest BCUT2D eigenvalue weighted by atomic mass is 10.2. The molecule has 1 aliphatic heterocycles. The molecule has 2 atom stereocenters. The van der Waals surface area contributed by atoms with Gasteiger partial charge in [0.25, 0.3) is 0 Å². The van der Waals surface area contributed by atoms with E-state index in [0.717, 1.165) is 12.0 Å². The minimum absolute atomic E-state index is 0.000469. The zero-order valence-electron chi connectivity index (χ0n) is 12.9. The van der Waals surface area contributed by atoms with Crippen molar-refractivity contribution in [3.05, 3.63) is 29.3 Å². The lowest BCUT2D eigenvalue weighted by Crippen LogP contribution is -2.38. The summed E-state index contributed by atoms with van der Waals surface area (Å²) in [7, 11) is 0. The van der Waals surface area contributed by atoms with Gasteiger partial charge in [-0.15, -0.1) is 10.2 Å². The van der Waals surface area contributed by atoms with Gasteiger partial charge in [-0.1, -0.05) is 18.5 Å². The van der Waals surface area contributed by atoms with E-state index in [0.29, 0.717) is 30.4 Å². The van der Waals surface area contributed by atoms with Crippen molar-refractivity contribution in [1.82, 2.24) is 25.1 Å². The lowest BCUT2D eigenvalue weighted by molar-refractivity contribution is -0.134. The van der Waals surface area contributed by atoms with Gasteiger partial charge in [-0.25, -0.2) is 0 Å². The first kappa shape index (κ1) is 15.9. The number of hydrogen-bond acceptors (Lipinski definition) is 5. The van der Waals surface area contributed by atoms with Crippen LogP contribution in [0.1, 0.15) is 25.8 Å². The van der Waals surface area contributed by atoms with Crippen molar-refractivity contribution in [2.45, 2.75) is 31.8 Å². The predicted molar refractivity (Wildman–Crippen MR) is 86.8 cm³/mol. The fraction of sp³-hybridized carbons (Fsp3) is 0.467. The quantitative estimate of drug-likeness (QED) is 0.915. The van der Waals surface area contributed by atoms with Crippen molar-refractivity contribution in [2.75, 3.05) is 13.1 Å². The van der Waals surface area contributed by atoms with Crippen LogP contribution < -0.4 is 5.73 Å². The van der Waals surface area contributed by atoms with Crippen LogP contribution in [0.25, 0.3) is 11.4 Å². The molecule has 2 heterocycles. The third-order valence-corrected chi connectivity index (χ3v) is 4.27. The summed E-state index contributed by atoms with van der Waals surface area (Å²) in [4.78, 5) is 15.8. The summed E-state index contributed by atoms with van der Waals surface area (Å²) >= 11 is 5.88. The van der Waals surface area contributed by atoms with E-state index in [2.05, 4.69) is 15.4 Å². The normalized spacial score (nSPS) is 19.1. The Labute approximate surface area is 139 Å². The van der Waals surface area contributed by atoms with Crippen LogP contribution in [-0.4, -0.2) is 50.1 Å². The van der Waals surface area contributed by atoms with Crippen LogP contribution in [0.4, 0.5) is 0 Å². The van der Waals surface area contributed by atoms with Crippen molar-refractivity contribution >= 4 is 17.5 Å². The number of hydrogen-bond donors (Lipinski definition) is 1. The highest BCUT2D eigenvalue weighted by Gasteiger charge is 2.31. The number of nitrogens with two attached hydrogens (primary N) is 1. The fourth-order valence-electron chi connectivity index (χ4n) is 2.71. The van der Waals surface area contributed by atoms with Crippen molar-refractivity contribution in [3.63, 3.8) is 0 Å². The van der Waals surface area contributed by atoms with Gasteiger partial charge in [-0.05, 0) is 42.3 Å². The molecule has 0 saturated carbocycles. The second-order valence-electron chi connectivity index (χ2n) is 5.70. The van der Waals surface area contributed by atoms with Gasteiger partial charge in [0, 0.05) is 29.7 Å². The number of halogens is 1. The van der Waals surface area contributed by atoms with Gasteiger partial charge in [0.2, 0.25) is 11.7 Å². The zero-order valence-corrected chi connectivity index (χ0v) is 13.6. The Balaban J connectivity index is 1.79. The van der Waals surface area contributed by atoms with E-state index in [1.54, 1.807) is 17.0 Å². The standard InChI is InChI=1S/C15H19ClN6O/c1-2-13(15(23)21-8-7-12(17)9-21)22-19-14(18-20-22)10-3-5-11(16)6-4-10/h3-6,12-13H,2,7-9,17H2,1H3/t12-,13?/m1/s1. The van der Waals surface area contributed by atoms with Crippen molar-refractivity contribution < 1.29 is 4.79 Å². The number of amides is 1. The molecule has 1 fully saturated rings. The highest BCUT2D eigenvalue weighted by atomic mass is 35.5. The van der Waals surface area contributed by atoms with E-state index >= 15 is 0 Å². The van der Waals surface area contributed by atoms with Crippen molar-refractivity contribution in [2.24, 2.45) is 5.73 Å². The Morgan fingerprint density at radius 3 is 2.78 bits per heavy atom. The molecule has 0 aliphatic carbocycles. The molecule has 23 heavy (non-hydrogen) atoms. The number of carbonyl (C=O) groups excluding carboxylic acids is 1. The van der Waals surface area contributed by atoms with Crippen LogP contribution in [0.5, 0.6) is 0 Å². The zero-order chi connectivity index (χ0) is 16.4. The molecule has 2 N–H and O–H groups in total. The largest absolute Gasteiger partial charge is 0.339 e. The maximum atomic E-state index is 12.6. The molecule has 1 amide bonds. The average Bonchev–Trinajstić information content (AvgIpc) is 3.18. The van der Waals surface area contributed by atoms with Crippen molar-refractivity contribution in [1.29, 1.82) is 0 Å². The fourth-order valence-corrected chi connectivity index (χ4v) is 2.83. The molecular weight excluding hydrogens is 316 g/mol. The molecule has 2 aromatic rings. The van der Waals surface area contributed by atoms with Crippen LogP contribution in [0.3, 0.4) is 0 Å². The molecule has 8 heteroatoms. The summed E-state index contributed by atoms with van der Waals surface area (Å²) in [6.45, 7) is 3.22. The van der Waals surface area contributed by atoms with Crippen molar-refractivity contribution in [3.8, 4) is 11.4 Å².